The highest BCUT2D eigenvalue weighted by molar-refractivity contribution is 5.14. The molecule has 2 aliphatic carbocycles. The molecule has 2 rings (SSSR count). The molecule has 0 amide bonds. The van der Waals surface area contributed by atoms with Crippen LogP contribution in [-0.4, -0.2) is 10.7 Å². The molecule has 1 nitrogen and oxygen atoms in total. The summed E-state index contributed by atoms with van der Waals surface area (Å²) in [5.74, 6) is 0. The molecule has 0 saturated heterocycles. The molecule has 2 aliphatic rings. The molecule has 9 heavy (non-hydrogen) atoms. The van der Waals surface area contributed by atoms with Crippen LogP contribution in [0.25, 0.3) is 0 Å². The summed E-state index contributed by atoms with van der Waals surface area (Å²) < 4.78 is 0. The van der Waals surface area contributed by atoms with Gasteiger partial charge in [-0.05, 0) is 24.7 Å². The molecule has 2 fully saturated rings. The Morgan fingerprint density at radius 2 is 1.89 bits per heavy atom. The smallest absolute Gasteiger partial charge is 0.0708 e. The van der Waals surface area contributed by atoms with Crippen LogP contribution in [0.5, 0.6) is 0 Å². The lowest BCUT2D eigenvalue weighted by molar-refractivity contribution is 0.0698. The Labute approximate surface area is 56.1 Å². The van der Waals surface area contributed by atoms with E-state index in [0.29, 0.717) is 5.41 Å². The van der Waals surface area contributed by atoms with Gasteiger partial charge in [0.2, 0.25) is 0 Å². The summed E-state index contributed by atoms with van der Waals surface area (Å²) >= 11 is 0. The van der Waals surface area contributed by atoms with E-state index in [1.165, 1.54) is 19.3 Å². The third-order valence-electron chi connectivity index (χ3n) is 3.25. The molecular weight excluding hydrogens is 112 g/mol. The first-order chi connectivity index (χ1) is 4.16. The second kappa shape index (κ2) is 1.34. The van der Waals surface area contributed by atoms with Crippen LogP contribution >= 0.6 is 0 Å². The number of aliphatic hydroxyl groups is 1. The van der Waals surface area contributed by atoms with Crippen LogP contribution in [-0.2, 0) is 0 Å². The average Bonchev–Trinajstić information content (AvgIpc) is 2.33. The van der Waals surface area contributed by atoms with E-state index in [2.05, 4.69) is 6.92 Å². The summed E-state index contributed by atoms with van der Waals surface area (Å²) in [6.45, 7) is 2.21. The molecule has 2 atom stereocenters. The monoisotopic (exact) mass is 126 g/mol. The maximum Gasteiger partial charge on any atom is 0.0708 e. The number of hydrogen-bond acceptors (Lipinski definition) is 1. The fraction of sp³-hybridized carbons (Fsp3) is 1.00. The summed E-state index contributed by atoms with van der Waals surface area (Å²) in [4.78, 5) is 0. The number of rotatable bonds is 0. The third kappa shape index (κ3) is 0.586. The van der Waals surface area contributed by atoms with Gasteiger partial charge in [0.1, 0.15) is 0 Å². The second-order valence-corrected chi connectivity index (χ2v) is 3.98. The van der Waals surface area contributed by atoms with E-state index in [0.717, 1.165) is 12.8 Å². The van der Waals surface area contributed by atoms with Crippen LogP contribution in [0, 0.1) is 5.41 Å². The molecule has 2 saturated carbocycles. The zero-order valence-electron chi connectivity index (χ0n) is 5.98. The molecule has 0 aromatic heterocycles. The largest absolute Gasteiger partial charge is 0.389 e. The lowest BCUT2D eigenvalue weighted by Gasteiger charge is -2.22. The Kier molecular flexibility index (Phi) is 0.852. The molecule has 0 unspecified atom stereocenters. The van der Waals surface area contributed by atoms with Crippen molar-refractivity contribution in [2.45, 2.75) is 44.6 Å². The van der Waals surface area contributed by atoms with Crippen LogP contribution in [0.2, 0.25) is 0 Å². The average molecular weight is 126 g/mol. The van der Waals surface area contributed by atoms with Gasteiger partial charge in [0.15, 0.2) is 0 Å². The van der Waals surface area contributed by atoms with Gasteiger partial charge < -0.3 is 5.11 Å². The van der Waals surface area contributed by atoms with Crippen molar-refractivity contribution >= 4 is 0 Å². The lowest BCUT2D eigenvalue weighted by atomic mass is 9.88. The van der Waals surface area contributed by atoms with Gasteiger partial charge >= 0.3 is 0 Å². The first kappa shape index (κ1) is 5.72. The minimum absolute atomic E-state index is 0.217. The Hall–Kier alpha value is -0.0400. The van der Waals surface area contributed by atoms with Crippen molar-refractivity contribution in [1.82, 2.24) is 0 Å². The maximum atomic E-state index is 9.71. The van der Waals surface area contributed by atoms with E-state index >= 15 is 0 Å². The number of hydrogen-bond donors (Lipinski definition) is 1. The van der Waals surface area contributed by atoms with Crippen molar-refractivity contribution in [3.8, 4) is 0 Å². The predicted molar refractivity (Wildman–Crippen MR) is 36.1 cm³/mol. The lowest BCUT2D eigenvalue weighted by Crippen LogP contribution is -2.21. The standard InChI is InChI=1S/C8H14O/c1-7-4-2-3-5-8(7,9)6-7/h9H,2-6H2,1H3/t7-,8-/m0/s1. The molecule has 0 aromatic rings. The van der Waals surface area contributed by atoms with E-state index in [9.17, 15) is 5.11 Å². The van der Waals surface area contributed by atoms with E-state index in [4.69, 9.17) is 0 Å². The molecule has 0 spiro atoms. The summed E-state index contributed by atoms with van der Waals surface area (Å²) in [6, 6.07) is 0. The van der Waals surface area contributed by atoms with E-state index in [-0.39, 0.29) is 5.60 Å². The molecule has 1 N–H and O–H groups in total. The molecular formula is C8H14O. The maximum absolute atomic E-state index is 9.71. The topological polar surface area (TPSA) is 20.2 Å². The highest BCUT2D eigenvalue weighted by Gasteiger charge is 2.63. The van der Waals surface area contributed by atoms with Crippen molar-refractivity contribution in [1.29, 1.82) is 0 Å². The van der Waals surface area contributed by atoms with E-state index in [1.807, 2.05) is 0 Å². The van der Waals surface area contributed by atoms with Gasteiger partial charge in [-0.1, -0.05) is 19.8 Å². The van der Waals surface area contributed by atoms with Gasteiger partial charge in [0.25, 0.3) is 0 Å². The zero-order valence-corrected chi connectivity index (χ0v) is 5.98. The third-order valence-corrected chi connectivity index (χ3v) is 3.25. The highest BCUT2D eigenvalue weighted by Crippen LogP contribution is 2.64. The van der Waals surface area contributed by atoms with Crippen molar-refractivity contribution in [2.24, 2.45) is 5.41 Å². The minimum Gasteiger partial charge on any atom is -0.389 e. The van der Waals surface area contributed by atoms with Crippen LogP contribution < -0.4 is 0 Å². The van der Waals surface area contributed by atoms with Crippen LogP contribution in [0.3, 0.4) is 0 Å². The molecule has 1 heteroatoms. The Morgan fingerprint density at radius 3 is 2.33 bits per heavy atom. The molecule has 0 radical (unpaired) electrons. The Balaban J connectivity index is 2.15. The zero-order chi connectivity index (χ0) is 6.54. The van der Waals surface area contributed by atoms with E-state index < -0.39 is 0 Å². The van der Waals surface area contributed by atoms with Crippen molar-refractivity contribution in [3.63, 3.8) is 0 Å². The van der Waals surface area contributed by atoms with Crippen molar-refractivity contribution in [2.75, 3.05) is 0 Å². The fourth-order valence-corrected chi connectivity index (χ4v) is 2.25. The van der Waals surface area contributed by atoms with Gasteiger partial charge in [0.05, 0.1) is 5.60 Å². The summed E-state index contributed by atoms with van der Waals surface area (Å²) in [7, 11) is 0. The quantitative estimate of drug-likeness (QED) is 0.523. The molecule has 0 heterocycles. The summed E-state index contributed by atoms with van der Waals surface area (Å²) in [5.41, 5.74) is 0.122. The molecule has 52 valence electrons. The SMILES string of the molecule is C[C@@]12CCCC[C@]1(O)C2. The highest BCUT2D eigenvalue weighted by atomic mass is 16.3. The van der Waals surface area contributed by atoms with Gasteiger partial charge in [-0.2, -0.15) is 0 Å². The first-order valence-electron chi connectivity index (χ1n) is 3.89. The van der Waals surface area contributed by atoms with Gasteiger partial charge in [0, 0.05) is 0 Å². The van der Waals surface area contributed by atoms with Crippen LogP contribution in [0.15, 0.2) is 0 Å². The van der Waals surface area contributed by atoms with Crippen LogP contribution in [0.4, 0.5) is 0 Å². The normalized spacial score (nSPS) is 56.7. The predicted octanol–water partition coefficient (Wildman–Crippen LogP) is 1.70. The van der Waals surface area contributed by atoms with Crippen molar-refractivity contribution in [3.05, 3.63) is 0 Å². The van der Waals surface area contributed by atoms with Gasteiger partial charge in [-0.3, -0.25) is 0 Å². The van der Waals surface area contributed by atoms with Crippen molar-refractivity contribution < 1.29 is 5.11 Å². The van der Waals surface area contributed by atoms with E-state index in [1.54, 1.807) is 0 Å². The van der Waals surface area contributed by atoms with Crippen LogP contribution in [0.1, 0.15) is 39.0 Å². The molecule has 0 aliphatic heterocycles. The van der Waals surface area contributed by atoms with Gasteiger partial charge in [-0.15, -0.1) is 0 Å². The Bertz CT molecular complexity index is 120. The minimum atomic E-state index is -0.217. The first-order valence-corrected chi connectivity index (χ1v) is 3.89. The fourth-order valence-electron chi connectivity index (χ4n) is 2.25. The number of fused-ring (bicyclic) bond motifs is 1. The summed E-state index contributed by atoms with van der Waals surface area (Å²) in [6.07, 6.45) is 5.96. The van der Waals surface area contributed by atoms with Gasteiger partial charge in [-0.25, -0.2) is 0 Å². The Morgan fingerprint density at radius 1 is 1.22 bits per heavy atom. The second-order valence-electron chi connectivity index (χ2n) is 3.98. The molecule has 0 bridgehead atoms. The molecule has 0 aromatic carbocycles. The summed E-state index contributed by atoms with van der Waals surface area (Å²) in [5, 5.41) is 9.71.